The fraction of sp³-hybridized carbons (Fsp3) is 0.111. The average molecular weight is 404 g/mol. The lowest BCUT2D eigenvalue weighted by molar-refractivity contribution is 0.101. The van der Waals surface area contributed by atoms with Crippen molar-refractivity contribution >= 4 is 27.5 Å². The SMILES string of the molecule is Cc1ccccc1OCn1ccc(C(=O)Nc2ccc(Br)cc2F)n1. The molecule has 3 aromatic rings. The largest absolute Gasteiger partial charge is 0.471 e. The maximum Gasteiger partial charge on any atom is 0.276 e. The zero-order valence-electron chi connectivity index (χ0n) is 13.4. The van der Waals surface area contributed by atoms with Crippen molar-refractivity contribution in [3.05, 3.63) is 76.3 Å². The lowest BCUT2D eigenvalue weighted by Crippen LogP contribution is -2.15. The normalized spacial score (nSPS) is 10.5. The summed E-state index contributed by atoms with van der Waals surface area (Å²) in [6.45, 7) is 2.12. The Balaban J connectivity index is 1.64. The van der Waals surface area contributed by atoms with Crippen molar-refractivity contribution in [2.45, 2.75) is 13.7 Å². The van der Waals surface area contributed by atoms with Crippen molar-refractivity contribution in [3.63, 3.8) is 0 Å². The second kappa shape index (κ2) is 7.48. The summed E-state index contributed by atoms with van der Waals surface area (Å²) in [5.74, 6) is -0.262. The van der Waals surface area contributed by atoms with Crippen molar-refractivity contribution in [3.8, 4) is 5.75 Å². The smallest absolute Gasteiger partial charge is 0.276 e. The molecule has 0 unspecified atom stereocenters. The van der Waals surface area contributed by atoms with E-state index in [2.05, 4.69) is 26.3 Å². The highest BCUT2D eigenvalue weighted by molar-refractivity contribution is 9.10. The Hall–Kier alpha value is -2.67. The van der Waals surface area contributed by atoms with Crippen molar-refractivity contribution in [1.29, 1.82) is 0 Å². The van der Waals surface area contributed by atoms with E-state index in [4.69, 9.17) is 4.74 Å². The summed E-state index contributed by atoms with van der Waals surface area (Å²) in [5.41, 5.74) is 1.29. The van der Waals surface area contributed by atoms with Crippen LogP contribution in [0, 0.1) is 12.7 Å². The van der Waals surface area contributed by atoms with Crippen LogP contribution in [0.4, 0.5) is 10.1 Å². The second-order valence-corrected chi connectivity index (χ2v) is 6.27. The van der Waals surface area contributed by atoms with Crippen LogP contribution in [-0.4, -0.2) is 15.7 Å². The first-order valence-corrected chi connectivity index (χ1v) is 8.30. The first-order chi connectivity index (χ1) is 12.0. The van der Waals surface area contributed by atoms with Crippen LogP contribution in [0.25, 0.3) is 0 Å². The fourth-order valence-corrected chi connectivity index (χ4v) is 2.52. The second-order valence-electron chi connectivity index (χ2n) is 5.36. The predicted octanol–water partition coefficient (Wildman–Crippen LogP) is 4.38. The number of benzene rings is 2. The Morgan fingerprint density at radius 2 is 2.08 bits per heavy atom. The Kier molecular flexibility index (Phi) is 5.14. The first kappa shape index (κ1) is 17.2. The van der Waals surface area contributed by atoms with E-state index in [0.717, 1.165) is 11.3 Å². The highest BCUT2D eigenvalue weighted by Gasteiger charge is 2.12. The van der Waals surface area contributed by atoms with E-state index in [1.54, 1.807) is 18.3 Å². The van der Waals surface area contributed by atoms with Gasteiger partial charge in [0.05, 0.1) is 5.69 Å². The van der Waals surface area contributed by atoms with E-state index in [9.17, 15) is 9.18 Å². The number of hydrogen-bond acceptors (Lipinski definition) is 3. The molecule has 0 aliphatic heterocycles. The number of aryl methyl sites for hydroxylation is 1. The number of halogens is 2. The van der Waals surface area contributed by atoms with Gasteiger partial charge in [-0.1, -0.05) is 34.1 Å². The fourth-order valence-electron chi connectivity index (χ4n) is 2.19. The molecule has 2 aromatic carbocycles. The molecule has 1 amide bonds. The van der Waals surface area contributed by atoms with E-state index < -0.39 is 11.7 Å². The molecule has 0 saturated heterocycles. The molecule has 0 spiro atoms. The van der Waals surface area contributed by atoms with Gasteiger partial charge in [0, 0.05) is 10.7 Å². The lowest BCUT2D eigenvalue weighted by atomic mass is 10.2. The molecule has 0 saturated carbocycles. The molecule has 0 aliphatic rings. The Labute approximate surface area is 152 Å². The third-order valence-corrected chi connectivity index (χ3v) is 3.99. The molecule has 1 heterocycles. The number of amides is 1. The summed E-state index contributed by atoms with van der Waals surface area (Å²) in [6, 6.07) is 13.6. The molecule has 5 nitrogen and oxygen atoms in total. The molecule has 1 aromatic heterocycles. The van der Waals surface area contributed by atoms with E-state index in [0.29, 0.717) is 4.47 Å². The highest BCUT2D eigenvalue weighted by Crippen LogP contribution is 2.20. The molecule has 0 fully saturated rings. The van der Waals surface area contributed by atoms with Crippen LogP contribution in [0.5, 0.6) is 5.75 Å². The quantitative estimate of drug-likeness (QED) is 0.687. The van der Waals surface area contributed by atoms with E-state index in [1.807, 2.05) is 31.2 Å². The summed E-state index contributed by atoms with van der Waals surface area (Å²) in [5, 5.41) is 6.64. The summed E-state index contributed by atoms with van der Waals surface area (Å²) in [7, 11) is 0. The van der Waals surface area contributed by atoms with Crippen molar-refractivity contribution < 1.29 is 13.9 Å². The van der Waals surface area contributed by atoms with Gasteiger partial charge in [-0.25, -0.2) is 9.07 Å². The first-order valence-electron chi connectivity index (χ1n) is 7.51. The molecule has 0 bridgehead atoms. The summed E-state index contributed by atoms with van der Waals surface area (Å²) < 4.78 is 21.6. The molecule has 0 aliphatic carbocycles. The number of carbonyl (C=O) groups excluding carboxylic acids is 1. The number of aromatic nitrogens is 2. The number of nitrogens with zero attached hydrogens (tertiary/aromatic N) is 2. The van der Waals surface area contributed by atoms with Crippen LogP contribution in [0.2, 0.25) is 0 Å². The highest BCUT2D eigenvalue weighted by atomic mass is 79.9. The number of hydrogen-bond donors (Lipinski definition) is 1. The zero-order chi connectivity index (χ0) is 17.8. The number of para-hydroxylation sites is 1. The van der Waals surface area contributed by atoms with Crippen LogP contribution in [0.15, 0.2) is 59.2 Å². The van der Waals surface area contributed by atoms with Crippen LogP contribution < -0.4 is 10.1 Å². The number of rotatable bonds is 5. The van der Waals surface area contributed by atoms with Crippen molar-refractivity contribution in [2.75, 3.05) is 5.32 Å². The predicted molar refractivity (Wildman–Crippen MR) is 96.1 cm³/mol. The molecule has 3 rings (SSSR count). The summed E-state index contributed by atoms with van der Waals surface area (Å²) >= 11 is 3.17. The third kappa shape index (κ3) is 4.24. The van der Waals surface area contributed by atoms with E-state index in [-0.39, 0.29) is 18.1 Å². The van der Waals surface area contributed by atoms with Gasteiger partial charge in [-0.05, 0) is 42.8 Å². The Bertz CT molecular complexity index is 911. The molecular weight excluding hydrogens is 389 g/mol. The van der Waals surface area contributed by atoms with Gasteiger partial charge in [-0.15, -0.1) is 0 Å². The van der Waals surface area contributed by atoms with Crippen LogP contribution in [0.1, 0.15) is 16.1 Å². The maximum atomic E-state index is 13.8. The van der Waals surface area contributed by atoms with Gasteiger partial charge in [0.1, 0.15) is 11.6 Å². The number of anilines is 1. The zero-order valence-corrected chi connectivity index (χ0v) is 15.0. The van der Waals surface area contributed by atoms with Crippen LogP contribution in [-0.2, 0) is 6.73 Å². The molecule has 1 N–H and O–H groups in total. The van der Waals surface area contributed by atoms with Crippen LogP contribution in [0.3, 0.4) is 0 Å². The monoisotopic (exact) mass is 403 g/mol. The standard InChI is InChI=1S/C18H15BrFN3O2/c1-12-4-2-3-5-17(12)25-11-23-9-8-16(22-23)18(24)21-15-7-6-13(19)10-14(15)20/h2-10H,11H2,1H3,(H,21,24). The van der Waals surface area contributed by atoms with Gasteiger partial charge in [0.25, 0.3) is 5.91 Å². The number of carbonyl (C=O) groups is 1. The molecular formula is C18H15BrFN3O2. The van der Waals surface area contributed by atoms with Gasteiger partial charge in [0.2, 0.25) is 0 Å². The Morgan fingerprint density at radius 1 is 1.28 bits per heavy atom. The maximum absolute atomic E-state index is 13.8. The molecule has 0 atom stereocenters. The average Bonchev–Trinajstić information content (AvgIpc) is 3.06. The summed E-state index contributed by atoms with van der Waals surface area (Å²) in [6.07, 6.45) is 1.63. The Morgan fingerprint density at radius 3 is 2.84 bits per heavy atom. The van der Waals surface area contributed by atoms with Gasteiger partial charge in [0.15, 0.2) is 12.4 Å². The topological polar surface area (TPSA) is 56.1 Å². The molecule has 25 heavy (non-hydrogen) atoms. The molecule has 128 valence electrons. The lowest BCUT2D eigenvalue weighted by Gasteiger charge is -2.08. The minimum Gasteiger partial charge on any atom is -0.471 e. The van der Waals surface area contributed by atoms with Gasteiger partial charge >= 0.3 is 0 Å². The van der Waals surface area contributed by atoms with E-state index >= 15 is 0 Å². The van der Waals surface area contributed by atoms with Crippen molar-refractivity contribution in [1.82, 2.24) is 9.78 Å². The number of nitrogens with one attached hydrogen (secondary N) is 1. The van der Waals surface area contributed by atoms with Gasteiger partial charge < -0.3 is 10.1 Å². The van der Waals surface area contributed by atoms with E-state index in [1.165, 1.54) is 16.8 Å². The third-order valence-electron chi connectivity index (χ3n) is 3.50. The summed E-state index contributed by atoms with van der Waals surface area (Å²) in [4.78, 5) is 12.2. The van der Waals surface area contributed by atoms with Gasteiger partial charge in [-0.2, -0.15) is 5.10 Å². The number of ether oxygens (including phenoxy) is 1. The van der Waals surface area contributed by atoms with Crippen LogP contribution >= 0.6 is 15.9 Å². The molecule has 0 radical (unpaired) electrons. The minimum atomic E-state index is -0.523. The van der Waals surface area contributed by atoms with Gasteiger partial charge in [-0.3, -0.25) is 4.79 Å². The molecule has 7 heteroatoms. The van der Waals surface area contributed by atoms with Crippen molar-refractivity contribution in [2.24, 2.45) is 0 Å². The minimum absolute atomic E-state index is 0.0962.